The van der Waals surface area contributed by atoms with Gasteiger partial charge in [-0.1, -0.05) is 6.92 Å². The van der Waals surface area contributed by atoms with Crippen LogP contribution in [-0.2, 0) is 4.79 Å². The molecular formula is C9H11ClN4O. The third kappa shape index (κ3) is 1.87. The van der Waals surface area contributed by atoms with Gasteiger partial charge in [0.15, 0.2) is 5.82 Å². The molecule has 80 valence electrons. The van der Waals surface area contributed by atoms with Crippen molar-refractivity contribution in [2.24, 2.45) is 5.92 Å². The molecule has 1 aliphatic rings. The Morgan fingerprint density at radius 3 is 2.93 bits per heavy atom. The van der Waals surface area contributed by atoms with Crippen LogP contribution in [-0.4, -0.2) is 22.4 Å². The van der Waals surface area contributed by atoms with Crippen molar-refractivity contribution >= 4 is 29.0 Å². The van der Waals surface area contributed by atoms with E-state index in [1.54, 1.807) is 6.92 Å². The highest BCUT2D eigenvalue weighted by Crippen LogP contribution is 2.26. The lowest BCUT2D eigenvalue weighted by Gasteiger charge is -2.08. The molecule has 2 heterocycles. The highest BCUT2D eigenvalue weighted by atomic mass is 35.5. The Labute approximate surface area is 92.3 Å². The predicted octanol–water partition coefficient (Wildman–Crippen LogP) is 1.44. The molecule has 5 nitrogen and oxygen atoms in total. The van der Waals surface area contributed by atoms with Crippen LogP contribution < -0.4 is 10.6 Å². The summed E-state index contributed by atoms with van der Waals surface area (Å²) in [6.45, 7) is 4.18. The molecule has 0 radical (unpaired) electrons. The maximum atomic E-state index is 11.6. The normalized spacial score (nSPS) is 19.9. The molecule has 0 aromatic carbocycles. The summed E-state index contributed by atoms with van der Waals surface area (Å²) in [7, 11) is 0. The number of nitrogens with zero attached hydrogens (tertiary/aromatic N) is 2. The van der Waals surface area contributed by atoms with Crippen LogP contribution in [0.15, 0.2) is 0 Å². The number of aromatic nitrogens is 2. The maximum Gasteiger partial charge on any atom is 0.229 e. The number of carbonyl (C=O) groups is 1. The molecule has 1 unspecified atom stereocenters. The monoisotopic (exact) mass is 226 g/mol. The smallest absolute Gasteiger partial charge is 0.229 e. The Morgan fingerprint density at radius 1 is 1.47 bits per heavy atom. The fourth-order valence-corrected chi connectivity index (χ4v) is 1.62. The average Bonchev–Trinajstić information content (AvgIpc) is 2.30. The highest BCUT2D eigenvalue weighted by molar-refractivity contribution is 6.28. The van der Waals surface area contributed by atoms with Gasteiger partial charge in [-0.05, 0) is 18.5 Å². The highest BCUT2D eigenvalue weighted by Gasteiger charge is 2.22. The minimum absolute atomic E-state index is 0.0322. The Kier molecular flexibility index (Phi) is 2.48. The molecule has 0 spiro atoms. The summed E-state index contributed by atoms with van der Waals surface area (Å²) < 4.78 is 0. The molecule has 0 saturated carbocycles. The Hall–Kier alpha value is -1.36. The van der Waals surface area contributed by atoms with Crippen LogP contribution in [0.3, 0.4) is 0 Å². The number of fused-ring (bicyclic) bond motifs is 1. The van der Waals surface area contributed by atoms with Crippen molar-refractivity contribution in [3.8, 4) is 0 Å². The summed E-state index contributed by atoms with van der Waals surface area (Å²) in [4.78, 5) is 19.6. The molecule has 1 atom stereocenters. The number of amides is 1. The van der Waals surface area contributed by atoms with Crippen LogP contribution >= 0.6 is 11.6 Å². The van der Waals surface area contributed by atoms with Crippen molar-refractivity contribution in [3.05, 3.63) is 11.0 Å². The van der Waals surface area contributed by atoms with Crippen molar-refractivity contribution < 1.29 is 4.79 Å². The third-order valence-electron chi connectivity index (χ3n) is 2.33. The number of carbonyl (C=O) groups excluding carboxylic acids is 1. The zero-order valence-electron chi connectivity index (χ0n) is 8.47. The zero-order chi connectivity index (χ0) is 11.0. The van der Waals surface area contributed by atoms with Crippen LogP contribution in [0.5, 0.6) is 0 Å². The number of hydrogen-bond acceptors (Lipinski definition) is 4. The van der Waals surface area contributed by atoms with Crippen molar-refractivity contribution in [1.29, 1.82) is 0 Å². The summed E-state index contributed by atoms with van der Waals surface area (Å²) in [5.74, 6) is 0.456. The van der Waals surface area contributed by atoms with Crippen LogP contribution in [0.4, 0.5) is 11.5 Å². The molecule has 1 aliphatic heterocycles. The maximum absolute atomic E-state index is 11.6. The van der Waals surface area contributed by atoms with Gasteiger partial charge in [0, 0.05) is 6.54 Å². The summed E-state index contributed by atoms with van der Waals surface area (Å²) in [5.41, 5.74) is 1.29. The molecule has 6 heteroatoms. The van der Waals surface area contributed by atoms with E-state index < -0.39 is 0 Å². The number of hydrogen-bond donors (Lipinski definition) is 2. The molecule has 2 N–H and O–H groups in total. The first-order valence-electron chi connectivity index (χ1n) is 4.67. The van der Waals surface area contributed by atoms with E-state index in [2.05, 4.69) is 20.6 Å². The number of rotatable bonds is 0. The van der Waals surface area contributed by atoms with Gasteiger partial charge in [-0.3, -0.25) is 4.79 Å². The minimum atomic E-state index is -0.0997. The molecule has 0 fully saturated rings. The molecular weight excluding hydrogens is 216 g/mol. The van der Waals surface area contributed by atoms with Gasteiger partial charge in [0.1, 0.15) is 5.69 Å². The Bertz CT molecular complexity index is 421. The van der Waals surface area contributed by atoms with Gasteiger partial charge < -0.3 is 10.6 Å². The van der Waals surface area contributed by atoms with E-state index in [1.165, 1.54) is 0 Å². The minimum Gasteiger partial charge on any atom is -0.367 e. The molecule has 1 aromatic rings. The first kappa shape index (κ1) is 10.2. The summed E-state index contributed by atoms with van der Waals surface area (Å²) in [6.07, 6.45) is 0. The van der Waals surface area contributed by atoms with Crippen LogP contribution in [0.1, 0.15) is 12.6 Å². The predicted molar refractivity (Wildman–Crippen MR) is 58.1 cm³/mol. The topological polar surface area (TPSA) is 66.9 Å². The van der Waals surface area contributed by atoms with Gasteiger partial charge in [0.2, 0.25) is 11.2 Å². The quantitative estimate of drug-likeness (QED) is 0.657. The van der Waals surface area contributed by atoms with Crippen LogP contribution in [0.2, 0.25) is 5.28 Å². The van der Waals surface area contributed by atoms with E-state index in [1.807, 2.05) is 6.92 Å². The average molecular weight is 227 g/mol. The van der Waals surface area contributed by atoms with Gasteiger partial charge in [-0.25, -0.2) is 4.98 Å². The van der Waals surface area contributed by atoms with E-state index in [0.29, 0.717) is 23.7 Å². The van der Waals surface area contributed by atoms with Crippen molar-refractivity contribution in [2.45, 2.75) is 13.8 Å². The second kappa shape index (κ2) is 3.66. The first-order chi connectivity index (χ1) is 7.08. The molecule has 1 amide bonds. The fourth-order valence-electron chi connectivity index (χ4n) is 1.41. The van der Waals surface area contributed by atoms with E-state index in [0.717, 1.165) is 0 Å². The number of nitrogens with one attached hydrogen (secondary N) is 2. The first-order valence-corrected chi connectivity index (χ1v) is 5.04. The lowest BCUT2D eigenvalue weighted by Crippen LogP contribution is -2.22. The summed E-state index contributed by atoms with van der Waals surface area (Å²) >= 11 is 5.73. The zero-order valence-corrected chi connectivity index (χ0v) is 9.22. The largest absolute Gasteiger partial charge is 0.367 e. The van der Waals surface area contributed by atoms with Gasteiger partial charge in [-0.2, -0.15) is 4.98 Å². The summed E-state index contributed by atoms with van der Waals surface area (Å²) in [5, 5.41) is 6.03. The van der Waals surface area contributed by atoms with Crippen LogP contribution in [0.25, 0.3) is 0 Å². The second-order valence-electron chi connectivity index (χ2n) is 3.57. The number of halogens is 1. The van der Waals surface area contributed by atoms with Gasteiger partial charge in [-0.15, -0.1) is 0 Å². The molecule has 1 aromatic heterocycles. The van der Waals surface area contributed by atoms with E-state index in [-0.39, 0.29) is 17.1 Å². The lowest BCUT2D eigenvalue weighted by atomic mass is 10.2. The Balaban J connectivity index is 2.47. The van der Waals surface area contributed by atoms with E-state index in [4.69, 9.17) is 11.6 Å². The third-order valence-corrected chi connectivity index (χ3v) is 2.50. The second-order valence-corrected chi connectivity index (χ2v) is 3.91. The van der Waals surface area contributed by atoms with Crippen molar-refractivity contribution in [2.75, 3.05) is 17.2 Å². The number of aryl methyl sites for hydroxylation is 1. The Morgan fingerprint density at radius 2 is 2.20 bits per heavy atom. The van der Waals surface area contributed by atoms with Gasteiger partial charge in [0.25, 0.3) is 0 Å². The molecule has 2 rings (SSSR count). The van der Waals surface area contributed by atoms with Crippen molar-refractivity contribution in [3.63, 3.8) is 0 Å². The fraction of sp³-hybridized carbons (Fsp3) is 0.444. The van der Waals surface area contributed by atoms with E-state index in [9.17, 15) is 4.79 Å². The lowest BCUT2D eigenvalue weighted by molar-refractivity contribution is -0.118. The van der Waals surface area contributed by atoms with E-state index >= 15 is 0 Å². The van der Waals surface area contributed by atoms with Crippen LogP contribution in [0, 0.1) is 12.8 Å². The van der Waals surface area contributed by atoms with Gasteiger partial charge >= 0.3 is 0 Å². The molecule has 15 heavy (non-hydrogen) atoms. The standard InChI is InChI=1S/C9H11ClN4O/c1-4-3-11-7-6(13-8(4)15)5(2)12-9(10)14-7/h4H,3H2,1-2H3,(H,13,15)(H,11,12,14). The van der Waals surface area contributed by atoms with Crippen molar-refractivity contribution in [1.82, 2.24) is 9.97 Å². The molecule has 0 aliphatic carbocycles. The summed E-state index contributed by atoms with van der Waals surface area (Å²) in [6, 6.07) is 0. The number of anilines is 2. The molecule has 0 saturated heterocycles. The molecule has 0 bridgehead atoms. The SMILES string of the molecule is Cc1nc(Cl)nc2c1NC(=O)C(C)CN2. The van der Waals surface area contributed by atoms with Gasteiger partial charge in [0.05, 0.1) is 11.6 Å².